The zero-order chi connectivity index (χ0) is 21.3. The van der Waals surface area contributed by atoms with Crippen LogP contribution in [0.4, 0.5) is 17.6 Å². The maximum absolute atomic E-state index is 15.2. The summed E-state index contributed by atoms with van der Waals surface area (Å²) in [6.45, 7) is 3.70. The molecule has 0 aliphatic carbocycles. The third-order valence-corrected chi connectivity index (χ3v) is 5.12. The third kappa shape index (κ3) is 3.73. The minimum absolute atomic E-state index is 0.0836. The summed E-state index contributed by atoms with van der Waals surface area (Å²) in [7, 11) is 0. The Kier molecular flexibility index (Phi) is 5.40. The highest BCUT2D eigenvalue weighted by Crippen LogP contribution is 2.34. The molecule has 30 heavy (non-hydrogen) atoms. The highest BCUT2D eigenvalue weighted by Gasteiger charge is 2.17. The Hall–Kier alpha value is -3.40. The van der Waals surface area contributed by atoms with Crippen molar-refractivity contribution in [2.24, 2.45) is 0 Å². The summed E-state index contributed by atoms with van der Waals surface area (Å²) in [6.07, 6.45) is 3.45. The van der Waals surface area contributed by atoms with E-state index in [1.165, 1.54) is 24.3 Å². The summed E-state index contributed by atoms with van der Waals surface area (Å²) in [6, 6.07) is 15.9. The van der Waals surface area contributed by atoms with Gasteiger partial charge in [-0.2, -0.15) is 0 Å². The summed E-state index contributed by atoms with van der Waals surface area (Å²) in [5.74, 6) is -2.90. The number of benzene rings is 4. The monoisotopic (exact) mass is 406 g/mol. The molecule has 4 aromatic rings. The Morgan fingerprint density at radius 1 is 0.767 bits per heavy atom. The third-order valence-electron chi connectivity index (χ3n) is 5.12. The van der Waals surface area contributed by atoms with Gasteiger partial charge in [-0.1, -0.05) is 48.5 Å². The number of aryl methyl sites for hydroxylation is 1. The van der Waals surface area contributed by atoms with Crippen molar-refractivity contribution in [3.8, 4) is 22.3 Å². The first-order chi connectivity index (χ1) is 14.5. The largest absolute Gasteiger partial charge is 0.207 e. The predicted octanol–water partition coefficient (Wildman–Crippen LogP) is 7.85. The van der Waals surface area contributed by atoms with E-state index in [-0.39, 0.29) is 22.3 Å². The molecular weight excluding hydrogens is 388 g/mol. The summed E-state index contributed by atoms with van der Waals surface area (Å²) < 4.78 is 58.1. The number of hydrogen-bond donors (Lipinski definition) is 0. The fourth-order valence-electron chi connectivity index (χ4n) is 3.64. The average Bonchev–Trinajstić information content (AvgIpc) is 2.72. The van der Waals surface area contributed by atoms with Crippen LogP contribution in [0.5, 0.6) is 0 Å². The van der Waals surface area contributed by atoms with Crippen LogP contribution in [0, 0.1) is 23.3 Å². The molecule has 0 heterocycles. The Bertz CT molecular complexity index is 1230. The van der Waals surface area contributed by atoms with Crippen LogP contribution in [-0.2, 0) is 6.42 Å². The second kappa shape index (κ2) is 8.15. The molecule has 4 heteroatoms. The van der Waals surface area contributed by atoms with E-state index in [2.05, 4.69) is 6.58 Å². The molecule has 0 spiro atoms. The van der Waals surface area contributed by atoms with E-state index in [0.717, 1.165) is 42.0 Å². The number of hydrogen-bond acceptors (Lipinski definition) is 0. The molecule has 0 aliphatic heterocycles. The van der Waals surface area contributed by atoms with Gasteiger partial charge in [-0.3, -0.25) is 0 Å². The lowest BCUT2D eigenvalue weighted by Crippen LogP contribution is -1.95. The number of rotatable bonds is 5. The van der Waals surface area contributed by atoms with Crippen LogP contribution in [0.1, 0.15) is 12.0 Å². The number of fused-ring (bicyclic) bond motifs is 1. The van der Waals surface area contributed by atoms with E-state index in [1.54, 1.807) is 12.1 Å². The van der Waals surface area contributed by atoms with Crippen molar-refractivity contribution in [3.05, 3.63) is 108 Å². The first-order valence-electron chi connectivity index (χ1n) is 9.55. The van der Waals surface area contributed by atoms with Crippen LogP contribution >= 0.6 is 0 Å². The SMILES string of the molecule is C=CCCc1ccc2c(F)c(-c3cc(F)c(-c4cccc(F)c4)c(F)c3)ccc2c1. The van der Waals surface area contributed by atoms with Crippen molar-refractivity contribution >= 4 is 10.8 Å². The van der Waals surface area contributed by atoms with Crippen molar-refractivity contribution in [3.63, 3.8) is 0 Å². The maximum atomic E-state index is 15.2. The highest BCUT2D eigenvalue weighted by molar-refractivity contribution is 5.89. The molecule has 0 radical (unpaired) electrons. The molecule has 0 nitrogen and oxygen atoms in total. The molecule has 0 bridgehead atoms. The van der Waals surface area contributed by atoms with Gasteiger partial charge in [0.15, 0.2) is 0 Å². The number of allylic oxidation sites excluding steroid dienone is 1. The Labute approximate surface area is 172 Å². The smallest absolute Gasteiger partial charge is 0.138 e. The Balaban J connectivity index is 1.78. The van der Waals surface area contributed by atoms with Gasteiger partial charge in [0.25, 0.3) is 0 Å². The zero-order valence-electron chi connectivity index (χ0n) is 16.1. The minimum Gasteiger partial charge on any atom is -0.207 e. The van der Waals surface area contributed by atoms with Gasteiger partial charge in [-0.25, -0.2) is 17.6 Å². The van der Waals surface area contributed by atoms with E-state index in [0.29, 0.717) is 5.39 Å². The fourth-order valence-corrected chi connectivity index (χ4v) is 3.64. The number of halogens is 4. The molecule has 4 aromatic carbocycles. The normalized spacial score (nSPS) is 11.1. The van der Waals surface area contributed by atoms with E-state index >= 15 is 4.39 Å². The van der Waals surface area contributed by atoms with Gasteiger partial charge in [0, 0.05) is 10.9 Å². The molecule has 0 fully saturated rings. The van der Waals surface area contributed by atoms with Gasteiger partial charge in [0.1, 0.15) is 23.3 Å². The van der Waals surface area contributed by atoms with Crippen LogP contribution < -0.4 is 0 Å². The van der Waals surface area contributed by atoms with Gasteiger partial charge in [0.2, 0.25) is 0 Å². The molecule has 0 saturated carbocycles. The van der Waals surface area contributed by atoms with Crippen molar-refractivity contribution in [1.82, 2.24) is 0 Å². The first-order valence-corrected chi connectivity index (χ1v) is 9.55. The Morgan fingerprint density at radius 2 is 1.53 bits per heavy atom. The molecule has 4 rings (SSSR count). The lowest BCUT2D eigenvalue weighted by molar-refractivity contribution is 0.589. The zero-order valence-corrected chi connectivity index (χ0v) is 16.1. The van der Waals surface area contributed by atoms with Gasteiger partial charge < -0.3 is 0 Å². The van der Waals surface area contributed by atoms with E-state index in [9.17, 15) is 13.2 Å². The Morgan fingerprint density at radius 3 is 2.23 bits per heavy atom. The fraction of sp³-hybridized carbons (Fsp3) is 0.0769. The summed E-state index contributed by atoms with van der Waals surface area (Å²) in [5, 5.41) is 1.10. The van der Waals surface area contributed by atoms with Crippen LogP contribution in [0.3, 0.4) is 0 Å². The quantitative estimate of drug-likeness (QED) is 0.234. The van der Waals surface area contributed by atoms with Crippen LogP contribution in [0.25, 0.3) is 33.0 Å². The minimum atomic E-state index is -0.880. The average molecular weight is 406 g/mol. The van der Waals surface area contributed by atoms with Crippen LogP contribution in [-0.4, -0.2) is 0 Å². The van der Waals surface area contributed by atoms with Crippen molar-refractivity contribution in [2.75, 3.05) is 0 Å². The standard InChI is InChI=1S/C26H18F4/c1-2-3-5-16-8-10-21-17(12-16)9-11-22(26(21)30)19-14-23(28)25(24(29)15-19)18-6-4-7-20(27)13-18/h2,4,6-15H,1,3,5H2. The van der Waals surface area contributed by atoms with E-state index in [1.807, 2.05) is 18.2 Å². The van der Waals surface area contributed by atoms with Gasteiger partial charge in [-0.15, -0.1) is 6.58 Å². The van der Waals surface area contributed by atoms with Crippen molar-refractivity contribution < 1.29 is 17.6 Å². The highest BCUT2D eigenvalue weighted by atomic mass is 19.1. The topological polar surface area (TPSA) is 0 Å². The second-order valence-electron chi connectivity index (χ2n) is 7.14. The molecular formula is C26H18F4. The van der Waals surface area contributed by atoms with Crippen LogP contribution in [0.2, 0.25) is 0 Å². The molecule has 0 atom stereocenters. The summed E-state index contributed by atoms with van der Waals surface area (Å²) in [4.78, 5) is 0. The van der Waals surface area contributed by atoms with E-state index < -0.39 is 23.3 Å². The summed E-state index contributed by atoms with van der Waals surface area (Å²) in [5.41, 5.74) is 0.991. The molecule has 0 aromatic heterocycles. The second-order valence-corrected chi connectivity index (χ2v) is 7.14. The molecule has 0 amide bonds. The summed E-state index contributed by atoms with van der Waals surface area (Å²) >= 11 is 0. The maximum Gasteiger partial charge on any atom is 0.138 e. The molecule has 150 valence electrons. The molecule has 0 N–H and O–H groups in total. The van der Waals surface area contributed by atoms with Crippen molar-refractivity contribution in [2.45, 2.75) is 12.8 Å². The lowest BCUT2D eigenvalue weighted by Gasteiger charge is -2.11. The van der Waals surface area contributed by atoms with E-state index in [4.69, 9.17) is 0 Å². The molecule has 0 unspecified atom stereocenters. The lowest BCUT2D eigenvalue weighted by atomic mass is 9.95. The van der Waals surface area contributed by atoms with Gasteiger partial charge in [0.05, 0.1) is 5.56 Å². The van der Waals surface area contributed by atoms with Gasteiger partial charge >= 0.3 is 0 Å². The molecule has 0 aliphatic rings. The molecule has 0 saturated heterocycles. The van der Waals surface area contributed by atoms with Crippen molar-refractivity contribution in [1.29, 1.82) is 0 Å². The predicted molar refractivity (Wildman–Crippen MR) is 113 cm³/mol. The van der Waals surface area contributed by atoms with Gasteiger partial charge in [-0.05, 0) is 59.2 Å². The first kappa shape index (κ1) is 19.9. The van der Waals surface area contributed by atoms with Crippen LogP contribution in [0.15, 0.2) is 79.4 Å².